The highest BCUT2D eigenvalue weighted by Crippen LogP contribution is 2.06. The Morgan fingerprint density at radius 2 is 0.756 bits per heavy atom. The van der Waals surface area contributed by atoms with Crippen molar-refractivity contribution in [3.8, 4) is 37.0 Å². The summed E-state index contributed by atoms with van der Waals surface area (Å²) < 4.78 is 15.5. The predicted molar refractivity (Wildman–Crippen MR) is 174 cm³/mol. The summed E-state index contributed by atoms with van der Waals surface area (Å²) >= 11 is 0. The van der Waals surface area contributed by atoms with Gasteiger partial charge in [0.2, 0.25) is 0 Å². The van der Waals surface area contributed by atoms with E-state index in [4.69, 9.17) is 33.5 Å². The summed E-state index contributed by atoms with van der Waals surface area (Å²) in [6.07, 6.45) is 21.3. The fourth-order valence-electron chi connectivity index (χ4n) is 4.42. The average Bonchev–Trinajstić information content (AvgIpc) is 3.03. The van der Waals surface area contributed by atoms with E-state index < -0.39 is 0 Å². The van der Waals surface area contributed by atoms with Gasteiger partial charge in [-0.1, -0.05) is 0 Å². The molecular formula is C34H55N3O8. The van der Waals surface area contributed by atoms with Crippen LogP contribution in [0.2, 0.25) is 0 Å². The molecule has 0 amide bonds. The molecule has 0 unspecified atom stereocenters. The van der Waals surface area contributed by atoms with Crippen LogP contribution in [-0.4, -0.2) is 135 Å². The molecule has 0 aliphatic carbocycles. The molecule has 0 aliphatic rings. The van der Waals surface area contributed by atoms with Gasteiger partial charge in [0.05, 0.1) is 19.3 Å². The lowest BCUT2D eigenvalue weighted by Gasteiger charge is -2.26. The number of unbranched alkanes of at least 4 members (excludes halogenated alkanes) is 1. The Kier molecular flexibility index (Phi) is 28.8. The molecule has 0 bridgehead atoms. The monoisotopic (exact) mass is 633 g/mol. The number of esters is 3. The molecule has 0 rings (SSSR count). The lowest BCUT2D eigenvalue weighted by atomic mass is 10.2. The van der Waals surface area contributed by atoms with Crippen LogP contribution in [0, 0.1) is 37.0 Å². The first-order valence-electron chi connectivity index (χ1n) is 16.1. The third-order valence-electron chi connectivity index (χ3n) is 6.84. The summed E-state index contributed by atoms with van der Waals surface area (Å²) in [5.41, 5.74) is 0. The highest BCUT2D eigenvalue weighted by atomic mass is 16.5. The van der Waals surface area contributed by atoms with Crippen molar-refractivity contribution >= 4 is 17.9 Å². The normalized spacial score (nSPS) is 10.8. The van der Waals surface area contributed by atoms with Crippen LogP contribution in [0.4, 0.5) is 0 Å². The molecule has 0 heterocycles. The second kappa shape index (κ2) is 30.9. The van der Waals surface area contributed by atoms with Crippen molar-refractivity contribution in [1.29, 1.82) is 0 Å². The maximum absolute atomic E-state index is 12.2. The molecule has 0 aromatic rings. The van der Waals surface area contributed by atoms with Gasteiger partial charge in [-0.05, 0) is 58.3 Å². The van der Waals surface area contributed by atoms with Crippen LogP contribution in [0.3, 0.4) is 0 Å². The second-order valence-electron chi connectivity index (χ2n) is 10.5. The largest absolute Gasteiger partial charge is 0.465 e. The summed E-state index contributed by atoms with van der Waals surface area (Å²) in [4.78, 5) is 43.0. The fraction of sp³-hybridized carbons (Fsp3) is 0.735. The van der Waals surface area contributed by atoms with Crippen molar-refractivity contribution in [3.05, 3.63) is 0 Å². The van der Waals surface area contributed by atoms with Gasteiger partial charge in [-0.2, -0.15) is 0 Å². The van der Waals surface area contributed by atoms with Crippen molar-refractivity contribution in [1.82, 2.24) is 14.7 Å². The highest BCUT2D eigenvalue weighted by Gasteiger charge is 2.14. The maximum Gasteiger partial charge on any atom is 0.307 e. The van der Waals surface area contributed by atoms with Gasteiger partial charge in [-0.15, -0.1) is 37.0 Å². The molecule has 0 spiro atoms. The first-order valence-corrected chi connectivity index (χ1v) is 16.1. The van der Waals surface area contributed by atoms with E-state index in [0.29, 0.717) is 58.3 Å². The minimum atomic E-state index is -0.334. The van der Waals surface area contributed by atoms with Crippen molar-refractivity contribution in [2.75, 3.05) is 91.9 Å². The van der Waals surface area contributed by atoms with Crippen LogP contribution in [0.1, 0.15) is 70.6 Å². The lowest BCUT2D eigenvalue weighted by molar-refractivity contribution is -0.145. The molecule has 254 valence electrons. The van der Waals surface area contributed by atoms with Gasteiger partial charge in [-0.25, -0.2) is 0 Å². The SMILES string of the molecule is C#CCCOC(=O)CCN(CCCCN(CCC(=O)OCCC#C)CCC(=O)OCCC#C)CCCN(CCCO)CCCO. The van der Waals surface area contributed by atoms with Gasteiger partial charge in [0.25, 0.3) is 0 Å². The van der Waals surface area contributed by atoms with Crippen LogP contribution in [0.15, 0.2) is 0 Å². The maximum atomic E-state index is 12.2. The van der Waals surface area contributed by atoms with E-state index in [-0.39, 0.29) is 70.2 Å². The first kappa shape index (κ1) is 41.9. The third kappa shape index (κ3) is 27.0. The minimum absolute atomic E-state index is 0.125. The molecule has 0 saturated carbocycles. The Hall–Kier alpha value is -3.11. The average molecular weight is 634 g/mol. The number of carbonyl (C=O) groups excluding carboxylic acids is 3. The fourth-order valence-corrected chi connectivity index (χ4v) is 4.42. The highest BCUT2D eigenvalue weighted by molar-refractivity contribution is 5.70. The molecule has 0 aromatic heterocycles. The van der Waals surface area contributed by atoms with Crippen LogP contribution in [-0.2, 0) is 28.6 Å². The summed E-state index contributed by atoms with van der Waals surface area (Å²) in [6, 6.07) is 0. The van der Waals surface area contributed by atoms with Crippen LogP contribution in [0.25, 0.3) is 0 Å². The zero-order chi connectivity index (χ0) is 33.4. The minimum Gasteiger partial charge on any atom is -0.465 e. The van der Waals surface area contributed by atoms with E-state index >= 15 is 0 Å². The van der Waals surface area contributed by atoms with E-state index in [1.165, 1.54) is 0 Å². The molecule has 11 nitrogen and oxygen atoms in total. The van der Waals surface area contributed by atoms with Crippen LogP contribution >= 0.6 is 0 Å². The Morgan fingerprint density at radius 3 is 1.09 bits per heavy atom. The Bertz CT molecular complexity index is 865. The molecule has 45 heavy (non-hydrogen) atoms. The Labute approximate surface area is 270 Å². The van der Waals surface area contributed by atoms with Gasteiger partial charge < -0.3 is 39.1 Å². The van der Waals surface area contributed by atoms with Gasteiger partial charge in [0, 0.05) is 65.2 Å². The molecule has 0 aliphatic heterocycles. The summed E-state index contributed by atoms with van der Waals surface area (Å²) in [5, 5.41) is 18.4. The van der Waals surface area contributed by atoms with Crippen molar-refractivity contribution in [2.24, 2.45) is 0 Å². The Morgan fingerprint density at radius 1 is 0.467 bits per heavy atom. The van der Waals surface area contributed by atoms with Crippen molar-refractivity contribution in [3.63, 3.8) is 0 Å². The van der Waals surface area contributed by atoms with Gasteiger partial charge in [-0.3, -0.25) is 14.4 Å². The molecule has 2 N–H and O–H groups in total. The van der Waals surface area contributed by atoms with Gasteiger partial charge in [0.15, 0.2) is 0 Å². The number of hydrogen-bond donors (Lipinski definition) is 2. The van der Waals surface area contributed by atoms with Gasteiger partial charge in [0.1, 0.15) is 19.8 Å². The lowest BCUT2D eigenvalue weighted by Crippen LogP contribution is -2.34. The van der Waals surface area contributed by atoms with E-state index in [0.717, 1.165) is 52.0 Å². The molecule has 0 saturated heterocycles. The Balaban J connectivity index is 5.03. The standard InChI is InChI=1S/C34H55N3O8/c1-4-7-29-43-32(40)15-24-36(21-12-20-35(22-13-27-38)23-14-28-39)18-10-11-19-37(25-16-33(41)44-30-8-5-2)26-17-34(42)45-31-9-6-3/h1-3,38-39H,7-31H2. The number of rotatable bonds is 30. The number of carbonyl (C=O) groups is 3. The van der Waals surface area contributed by atoms with Crippen molar-refractivity contribution < 1.29 is 38.8 Å². The quantitative estimate of drug-likeness (QED) is 0.0519. The van der Waals surface area contributed by atoms with Crippen LogP contribution < -0.4 is 0 Å². The number of terminal acetylenes is 3. The smallest absolute Gasteiger partial charge is 0.307 e. The number of ether oxygens (including phenoxy) is 3. The molecular weight excluding hydrogens is 578 g/mol. The van der Waals surface area contributed by atoms with E-state index in [2.05, 4.69) is 32.5 Å². The second-order valence-corrected chi connectivity index (χ2v) is 10.5. The number of aliphatic hydroxyl groups excluding tert-OH is 2. The van der Waals surface area contributed by atoms with E-state index in [1.54, 1.807) is 0 Å². The molecule has 0 aromatic carbocycles. The number of hydrogen-bond acceptors (Lipinski definition) is 11. The number of nitrogens with zero attached hydrogens (tertiary/aromatic N) is 3. The topological polar surface area (TPSA) is 129 Å². The van der Waals surface area contributed by atoms with Gasteiger partial charge >= 0.3 is 17.9 Å². The molecule has 0 atom stereocenters. The first-order chi connectivity index (χ1) is 21.9. The summed E-state index contributed by atoms with van der Waals surface area (Å²) in [5.74, 6) is 6.38. The predicted octanol–water partition coefficient (Wildman–Crippen LogP) is 1.70. The summed E-state index contributed by atoms with van der Waals surface area (Å²) in [7, 11) is 0. The summed E-state index contributed by atoms with van der Waals surface area (Å²) in [6.45, 7) is 6.85. The van der Waals surface area contributed by atoms with E-state index in [9.17, 15) is 24.6 Å². The third-order valence-corrected chi connectivity index (χ3v) is 6.84. The van der Waals surface area contributed by atoms with Crippen molar-refractivity contribution in [2.45, 2.75) is 70.6 Å². The number of aliphatic hydroxyl groups is 2. The molecule has 11 heteroatoms. The molecule has 0 radical (unpaired) electrons. The van der Waals surface area contributed by atoms with Crippen LogP contribution in [0.5, 0.6) is 0 Å². The van der Waals surface area contributed by atoms with E-state index in [1.807, 2.05) is 0 Å². The zero-order valence-corrected chi connectivity index (χ0v) is 27.1. The zero-order valence-electron chi connectivity index (χ0n) is 27.1. The molecule has 0 fully saturated rings.